The van der Waals surface area contributed by atoms with E-state index in [1.54, 1.807) is 24.3 Å². The molecule has 0 N–H and O–H groups in total. The summed E-state index contributed by atoms with van der Waals surface area (Å²) in [5, 5.41) is 0. The van der Waals surface area contributed by atoms with Crippen LogP contribution in [-0.4, -0.2) is 24.7 Å². The molecule has 1 aliphatic rings. The number of benzene rings is 1. The predicted octanol–water partition coefficient (Wildman–Crippen LogP) is 2.73. The minimum atomic E-state index is -0.629. The Bertz CT molecular complexity index is 404. The topological polar surface area (TPSA) is 44.8 Å². The predicted molar refractivity (Wildman–Crippen MR) is 66.0 cm³/mol. The van der Waals surface area contributed by atoms with Gasteiger partial charge in [-0.3, -0.25) is 0 Å². The molecular formula is C14H18O4. The quantitative estimate of drug-likeness (QED) is 0.771. The van der Waals surface area contributed by atoms with Crippen LogP contribution in [0.3, 0.4) is 0 Å². The molecular weight excluding hydrogens is 232 g/mol. The number of carbonyl (C=O) groups is 1. The molecule has 0 saturated carbocycles. The van der Waals surface area contributed by atoms with Crippen molar-refractivity contribution in [1.82, 2.24) is 0 Å². The molecule has 18 heavy (non-hydrogen) atoms. The first-order valence-electron chi connectivity index (χ1n) is 6.21. The van der Waals surface area contributed by atoms with Gasteiger partial charge in [0.15, 0.2) is 5.79 Å². The first kappa shape index (κ1) is 13.1. The summed E-state index contributed by atoms with van der Waals surface area (Å²) in [7, 11) is 0. The van der Waals surface area contributed by atoms with E-state index in [1.807, 2.05) is 13.0 Å². The van der Waals surface area contributed by atoms with Crippen molar-refractivity contribution in [2.75, 3.05) is 6.61 Å². The Morgan fingerprint density at radius 2 is 2.17 bits per heavy atom. The Labute approximate surface area is 107 Å². The van der Waals surface area contributed by atoms with E-state index in [0.717, 1.165) is 12.8 Å². The van der Waals surface area contributed by atoms with Gasteiger partial charge in [0.05, 0.1) is 5.56 Å². The van der Waals surface area contributed by atoms with Gasteiger partial charge in [0.25, 0.3) is 0 Å². The van der Waals surface area contributed by atoms with Gasteiger partial charge in [0, 0.05) is 6.42 Å². The van der Waals surface area contributed by atoms with Gasteiger partial charge in [0.1, 0.15) is 6.61 Å². The second kappa shape index (κ2) is 5.50. The van der Waals surface area contributed by atoms with Gasteiger partial charge in [-0.15, -0.1) is 0 Å². The maximum absolute atomic E-state index is 11.8. The van der Waals surface area contributed by atoms with Crippen molar-refractivity contribution in [2.24, 2.45) is 0 Å². The van der Waals surface area contributed by atoms with E-state index in [4.69, 9.17) is 14.2 Å². The molecule has 2 unspecified atom stereocenters. The molecule has 0 aliphatic carbocycles. The van der Waals surface area contributed by atoms with Gasteiger partial charge in [-0.05, 0) is 19.1 Å². The van der Waals surface area contributed by atoms with Crippen LogP contribution < -0.4 is 0 Å². The van der Waals surface area contributed by atoms with Gasteiger partial charge in [-0.2, -0.15) is 0 Å². The van der Waals surface area contributed by atoms with Crippen molar-refractivity contribution in [3.63, 3.8) is 0 Å². The van der Waals surface area contributed by atoms with Crippen molar-refractivity contribution in [1.29, 1.82) is 0 Å². The molecule has 1 saturated heterocycles. The maximum atomic E-state index is 11.8. The standard InChI is InChI=1S/C14H18O4/c1-3-9-14(2)16-10-12(18-14)17-13(15)11-7-5-4-6-8-11/h4-8,12H,3,9-10H2,1-2H3. The summed E-state index contributed by atoms with van der Waals surface area (Å²) < 4.78 is 16.4. The fourth-order valence-electron chi connectivity index (χ4n) is 2.00. The summed E-state index contributed by atoms with van der Waals surface area (Å²) in [4.78, 5) is 11.8. The molecule has 0 aromatic heterocycles. The lowest BCUT2D eigenvalue weighted by atomic mass is 10.2. The summed E-state index contributed by atoms with van der Waals surface area (Å²) in [6, 6.07) is 8.87. The Morgan fingerprint density at radius 1 is 1.44 bits per heavy atom. The number of esters is 1. The van der Waals surface area contributed by atoms with Gasteiger partial charge in [0.2, 0.25) is 6.29 Å². The fourth-order valence-corrected chi connectivity index (χ4v) is 2.00. The molecule has 0 bridgehead atoms. The SMILES string of the molecule is CCCC1(C)OCC(OC(=O)c2ccccc2)O1. The number of hydrogen-bond donors (Lipinski definition) is 0. The van der Waals surface area contributed by atoms with E-state index in [2.05, 4.69) is 6.92 Å². The van der Waals surface area contributed by atoms with E-state index < -0.39 is 12.1 Å². The molecule has 1 aromatic carbocycles. The van der Waals surface area contributed by atoms with Crippen LogP contribution in [0, 0.1) is 0 Å². The Morgan fingerprint density at radius 3 is 2.83 bits per heavy atom. The van der Waals surface area contributed by atoms with E-state index in [1.165, 1.54) is 0 Å². The molecule has 1 fully saturated rings. The van der Waals surface area contributed by atoms with Crippen molar-refractivity contribution in [3.8, 4) is 0 Å². The summed E-state index contributed by atoms with van der Waals surface area (Å²) >= 11 is 0. The van der Waals surface area contributed by atoms with Crippen LogP contribution in [-0.2, 0) is 14.2 Å². The third-order valence-electron chi connectivity index (χ3n) is 2.86. The second-order valence-electron chi connectivity index (χ2n) is 4.51. The van der Waals surface area contributed by atoms with Crippen LogP contribution in [0.2, 0.25) is 0 Å². The number of carbonyl (C=O) groups excluding carboxylic acids is 1. The normalized spacial score (nSPS) is 27.1. The highest BCUT2D eigenvalue weighted by Crippen LogP contribution is 2.28. The third-order valence-corrected chi connectivity index (χ3v) is 2.86. The van der Waals surface area contributed by atoms with Gasteiger partial charge < -0.3 is 14.2 Å². The first-order chi connectivity index (χ1) is 8.63. The molecule has 4 heteroatoms. The lowest BCUT2D eigenvalue weighted by Crippen LogP contribution is -2.28. The third kappa shape index (κ3) is 3.09. The number of hydrogen-bond acceptors (Lipinski definition) is 4. The highest BCUT2D eigenvalue weighted by molar-refractivity contribution is 5.89. The van der Waals surface area contributed by atoms with Crippen LogP contribution in [0.15, 0.2) is 30.3 Å². The van der Waals surface area contributed by atoms with E-state index >= 15 is 0 Å². The van der Waals surface area contributed by atoms with Crippen molar-refractivity contribution < 1.29 is 19.0 Å². The van der Waals surface area contributed by atoms with Crippen LogP contribution in [0.5, 0.6) is 0 Å². The Kier molecular flexibility index (Phi) is 3.99. The molecule has 0 amide bonds. The molecule has 0 spiro atoms. The lowest BCUT2D eigenvalue weighted by molar-refractivity contribution is -0.190. The van der Waals surface area contributed by atoms with Crippen LogP contribution in [0.25, 0.3) is 0 Å². The summed E-state index contributed by atoms with van der Waals surface area (Å²) in [5.74, 6) is -1.01. The largest absolute Gasteiger partial charge is 0.429 e. The molecule has 4 nitrogen and oxygen atoms in total. The van der Waals surface area contributed by atoms with E-state index in [-0.39, 0.29) is 12.6 Å². The zero-order valence-electron chi connectivity index (χ0n) is 10.7. The van der Waals surface area contributed by atoms with E-state index in [9.17, 15) is 4.79 Å². The molecule has 98 valence electrons. The van der Waals surface area contributed by atoms with Crippen LogP contribution in [0.1, 0.15) is 37.0 Å². The van der Waals surface area contributed by atoms with Gasteiger partial charge in [-0.25, -0.2) is 4.79 Å². The van der Waals surface area contributed by atoms with Gasteiger partial charge >= 0.3 is 5.97 Å². The fraction of sp³-hybridized carbons (Fsp3) is 0.500. The Balaban J connectivity index is 1.90. The molecule has 1 aromatic rings. The van der Waals surface area contributed by atoms with Gasteiger partial charge in [-0.1, -0.05) is 31.5 Å². The molecule has 0 radical (unpaired) electrons. The molecule has 1 heterocycles. The highest BCUT2D eigenvalue weighted by Gasteiger charge is 2.38. The number of ether oxygens (including phenoxy) is 3. The molecule has 2 rings (SSSR count). The van der Waals surface area contributed by atoms with Crippen LogP contribution in [0.4, 0.5) is 0 Å². The Hall–Kier alpha value is -1.39. The first-order valence-corrected chi connectivity index (χ1v) is 6.21. The minimum absolute atomic E-state index is 0.287. The zero-order chi connectivity index (χ0) is 13.0. The second-order valence-corrected chi connectivity index (χ2v) is 4.51. The maximum Gasteiger partial charge on any atom is 0.340 e. The average molecular weight is 250 g/mol. The monoisotopic (exact) mass is 250 g/mol. The number of rotatable bonds is 4. The zero-order valence-corrected chi connectivity index (χ0v) is 10.7. The minimum Gasteiger partial charge on any atom is -0.429 e. The lowest BCUT2D eigenvalue weighted by Gasteiger charge is -2.21. The van der Waals surface area contributed by atoms with Crippen molar-refractivity contribution in [2.45, 2.75) is 38.8 Å². The summed E-state index contributed by atoms with van der Waals surface area (Å²) in [6.45, 7) is 4.21. The van der Waals surface area contributed by atoms with E-state index in [0.29, 0.717) is 5.56 Å². The highest BCUT2D eigenvalue weighted by atomic mass is 16.8. The van der Waals surface area contributed by atoms with Crippen molar-refractivity contribution in [3.05, 3.63) is 35.9 Å². The van der Waals surface area contributed by atoms with Crippen molar-refractivity contribution >= 4 is 5.97 Å². The summed E-state index contributed by atoms with van der Waals surface area (Å²) in [6.07, 6.45) is 1.12. The van der Waals surface area contributed by atoms with Crippen LogP contribution >= 0.6 is 0 Å². The smallest absolute Gasteiger partial charge is 0.340 e. The molecule has 2 atom stereocenters. The average Bonchev–Trinajstić information content (AvgIpc) is 2.72. The molecule has 1 aliphatic heterocycles. The summed E-state index contributed by atoms with van der Waals surface area (Å²) in [5.41, 5.74) is 0.519.